The van der Waals surface area contributed by atoms with Gasteiger partial charge in [0, 0.05) is 5.69 Å². The maximum Gasteiger partial charge on any atom is 0.313 e. The molecule has 24 heavy (non-hydrogen) atoms. The second kappa shape index (κ2) is 7.27. The molecular formula is C19H22N2O3. The average molecular weight is 326 g/mol. The molecule has 5 nitrogen and oxygen atoms in total. The van der Waals surface area contributed by atoms with Crippen molar-refractivity contribution in [1.82, 2.24) is 5.32 Å². The van der Waals surface area contributed by atoms with E-state index in [0.717, 1.165) is 11.1 Å². The van der Waals surface area contributed by atoms with Crippen LogP contribution in [-0.2, 0) is 15.2 Å². The van der Waals surface area contributed by atoms with E-state index in [2.05, 4.69) is 10.6 Å². The van der Waals surface area contributed by atoms with Gasteiger partial charge in [0.1, 0.15) is 5.60 Å². The number of carbonyl (C=O) groups excluding carboxylic acids is 2. The van der Waals surface area contributed by atoms with E-state index in [1.807, 2.05) is 26.0 Å². The van der Waals surface area contributed by atoms with Gasteiger partial charge in [0.15, 0.2) is 0 Å². The molecule has 0 aliphatic heterocycles. The SMILES string of the molecule is Cc1ccc(NC(=O)C(=O)NCC(C)(O)c2ccccc2)cc1C. The highest BCUT2D eigenvalue weighted by molar-refractivity contribution is 6.39. The van der Waals surface area contributed by atoms with E-state index in [9.17, 15) is 14.7 Å². The number of amides is 2. The molecule has 0 heterocycles. The number of anilines is 1. The summed E-state index contributed by atoms with van der Waals surface area (Å²) in [6.07, 6.45) is 0. The Bertz CT molecular complexity index is 740. The van der Waals surface area contributed by atoms with Crippen LogP contribution in [0.3, 0.4) is 0 Å². The highest BCUT2D eigenvalue weighted by Gasteiger charge is 2.25. The first-order chi connectivity index (χ1) is 11.3. The van der Waals surface area contributed by atoms with Gasteiger partial charge in [0.2, 0.25) is 0 Å². The second-order valence-electron chi connectivity index (χ2n) is 6.08. The van der Waals surface area contributed by atoms with Crippen molar-refractivity contribution in [3.8, 4) is 0 Å². The summed E-state index contributed by atoms with van der Waals surface area (Å²) in [7, 11) is 0. The van der Waals surface area contributed by atoms with E-state index in [4.69, 9.17) is 0 Å². The Morgan fingerprint density at radius 3 is 2.29 bits per heavy atom. The zero-order chi connectivity index (χ0) is 17.7. The smallest absolute Gasteiger partial charge is 0.313 e. The predicted octanol–water partition coefficient (Wildman–Crippen LogP) is 2.27. The fourth-order valence-electron chi connectivity index (χ4n) is 2.24. The lowest BCUT2D eigenvalue weighted by Gasteiger charge is -2.24. The Kier molecular flexibility index (Phi) is 5.36. The second-order valence-corrected chi connectivity index (χ2v) is 6.08. The third-order valence-corrected chi connectivity index (χ3v) is 3.96. The molecule has 0 spiro atoms. The van der Waals surface area contributed by atoms with Crippen LogP contribution in [-0.4, -0.2) is 23.5 Å². The Morgan fingerprint density at radius 2 is 1.67 bits per heavy atom. The molecule has 0 aliphatic rings. The van der Waals surface area contributed by atoms with E-state index in [-0.39, 0.29) is 6.54 Å². The normalized spacial score (nSPS) is 13.0. The number of hydrogen-bond acceptors (Lipinski definition) is 3. The largest absolute Gasteiger partial charge is 0.384 e. The molecule has 1 unspecified atom stereocenters. The molecule has 5 heteroatoms. The molecule has 1 atom stereocenters. The van der Waals surface area contributed by atoms with Crippen LogP contribution in [0.15, 0.2) is 48.5 Å². The summed E-state index contributed by atoms with van der Waals surface area (Å²) in [5.74, 6) is -1.55. The molecule has 0 fully saturated rings. The number of carbonyl (C=O) groups is 2. The van der Waals surface area contributed by atoms with E-state index >= 15 is 0 Å². The van der Waals surface area contributed by atoms with Crippen molar-refractivity contribution in [2.24, 2.45) is 0 Å². The van der Waals surface area contributed by atoms with Crippen LogP contribution in [0.4, 0.5) is 5.69 Å². The first kappa shape index (κ1) is 17.7. The van der Waals surface area contributed by atoms with Crippen molar-refractivity contribution >= 4 is 17.5 Å². The molecule has 3 N–H and O–H groups in total. The Labute approximate surface area is 141 Å². The Morgan fingerprint density at radius 1 is 1.00 bits per heavy atom. The van der Waals surface area contributed by atoms with Crippen LogP contribution in [0.1, 0.15) is 23.6 Å². The number of benzene rings is 2. The van der Waals surface area contributed by atoms with E-state index < -0.39 is 17.4 Å². The van der Waals surface area contributed by atoms with Crippen LogP contribution in [0.5, 0.6) is 0 Å². The van der Waals surface area contributed by atoms with Crippen LogP contribution in [0.2, 0.25) is 0 Å². The molecule has 0 aliphatic carbocycles. The molecular weight excluding hydrogens is 304 g/mol. The van der Waals surface area contributed by atoms with Crippen LogP contribution in [0, 0.1) is 13.8 Å². The van der Waals surface area contributed by atoms with Crippen LogP contribution >= 0.6 is 0 Å². The lowest BCUT2D eigenvalue weighted by molar-refractivity contribution is -0.136. The number of aliphatic hydroxyl groups is 1. The summed E-state index contributed by atoms with van der Waals surface area (Å²) >= 11 is 0. The van der Waals surface area contributed by atoms with Crippen molar-refractivity contribution < 1.29 is 14.7 Å². The zero-order valence-electron chi connectivity index (χ0n) is 14.1. The highest BCUT2D eigenvalue weighted by atomic mass is 16.3. The standard InChI is InChI=1S/C19H22N2O3/c1-13-9-10-16(11-14(13)2)21-18(23)17(22)20-12-19(3,24)15-7-5-4-6-8-15/h4-11,24H,12H2,1-3H3,(H,20,22)(H,21,23). The third-order valence-electron chi connectivity index (χ3n) is 3.96. The number of rotatable bonds is 4. The third kappa shape index (κ3) is 4.43. The number of aryl methyl sites for hydroxylation is 2. The summed E-state index contributed by atoms with van der Waals surface area (Å²) in [6, 6.07) is 14.4. The van der Waals surface area contributed by atoms with Crippen molar-refractivity contribution in [2.45, 2.75) is 26.4 Å². The fraction of sp³-hybridized carbons (Fsp3) is 0.263. The predicted molar refractivity (Wildman–Crippen MR) is 93.6 cm³/mol. The monoisotopic (exact) mass is 326 g/mol. The minimum atomic E-state index is -1.25. The van der Waals surface area contributed by atoms with Gasteiger partial charge in [-0.05, 0) is 49.6 Å². The maximum absolute atomic E-state index is 12.0. The van der Waals surface area contributed by atoms with Crippen molar-refractivity contribution in [3.05, 3.63) is 65.2 Å². The van der Waals surface area contributed by atoms with Gasteiger partial charge >= 0.3 is 11.8 Å². The van der Waals surface area contributed by atoms with Gasteiger partial charge in [-0.25, -0.2) is 0 Å². The molecule has 0 radical (unpaired) electrons. The van der Waals surface area contributed by atoms with Gasteiger partial charge in [0.25, 0.3) is 0 Å². The van der Waals surface area contributed by atoms with E-state index in [0.29, 0.717) is 11.3 Å². The Hall–Kier alpha value is -2.66. The lowest BCUT2D eigenvalue weighted by Crippen LogP contribution is -2.43. The topological polar surface area (TPSA) is 78.4 Å². The molecule has 2 rings (SSSR count). The minimum absolute atomic E-state index is 0.0593. The quantitative estimate of drug-likeness (QED) is 0.754. The van der Waals surface area contributed by atoms with Crippen LogP contribution in [0.25, 0.3) is 0 Å². The van der Waals surface area contributed by atoms with Crippen molar-refractivity contribution in [1.29, 1.82) is 0 Å². The lowest BCUT2D eigenvalue weighted by atomic mass is 9.96. The molecule has 126 valence electrons. The van der Waals surface area contributed by atoms with Crippen molar-refractivity contribution in [3.63, 3.8) is 0 Å². The number of nitrogens with one attached hydrogen (secondary N) is 2. The fourth-order valence-corrected chi connectivity index (χ4v) is 2.24. The van der Waals surface area contributed by atoms with Gasteiger partial charge in [0.05, 0.1) is 6.54 Å². The Balaban J connectivity index is 1.94. The van der Waals surface area contributed by atoms with Crippen molar-refractivity contribution in [2.75, 3.05) is 11.9 Å². The summed E-state index contributed by atoms with van der Waals surface area (Å²) in [5, 5.41) is 15.4. The first-order valence-electron chi connectivity index (χ1n) is 7.74. The van der Waals surface area contributed by atoms with Gasteiger partial charge in [-0.1, -0.05) is 36.4 Å². The molecule has 2 aromatic rings. The van der Waals surface area contributed by atoms with Gasteiger partial charge in [-0.3, -0.25) is 9.59 Å². The molecule has 0 saturated heterocycles. The maximum atomic E-state index is 12.0. The average Bonchev–Trinajstić information content (AvgIpc) is 2.57. The summed E-state index contributed by atoms with van der Waals surface area (Å²) in [6.45, 7) is 5.43. The van der Waals surface area contributed by atoms with E-state index in [1.54, 1.807) is 43.3 Å². The number of hydrogen-bond donors (Lipinski definition) is 3. The van der Waals surface area contributed by atoms with Crippen LogP contribution < -0.4 is 10.6 Å². The van der Waals surface area contributed by atoms with E-state index in [1.165, 1.54) is 0 Å². The molecule has 2 aromatic carbocycles. The minimum Gasteiger partial charge on any atom is -0.384 e. The summed E-state index contributed by atoms with van der Waals surface area (Å²) in [4.78, 5) is 23.9. The zero-order valence-corrected chi connectivity index (χ0v) is 14.1. The molecule has 0 aromatic heterocycles. The highest BCUT2D eigenvalue weighted by Crippen LogP contribution is 2.19. The first-order valence-corrected chi connectivity index (χ1v) is 7.74. The van der Waals surface area contributed by atoms with Gasteiger partial charge in [-0.15, -0.1) is 0 Å². The molecule has 2 amide bonds. The van der Waals surface area contributed by atoms with Gasteiger partial charge < -0.3 is 15.7 Å². The molecule has 0 saturated carbocycles. The van der Waals surface area contributed by atoms with Gasteiger partial charge in [-0.2, -0.15) is 0 Å². The summed E-state index contributed by atoms with van der Waals surface area (Å²) in [5.41, 5.74) is 2.11. The summed E-state index contributed by atoms with van der Waals surface area (Å²) < 4.78 is 0. The molecule has 0 bridgehead atoms.